The molecule has 0 aliphatic heterocycles. The van der Waals surface area contributed by atoms with Crippen LogP contribution in [0.4, 0.5) is 0 Å². The molecular weight excluding hydrogens is 198 g/mol. The smallest absolute Gasteiger partial charge is 0.137 e. The summed E-state index contributed by atoms with van der Waals surface area (Å²) >= 11 is 0. The van der Waals surface area contributed by atoms with Gasteiger partial charge in [0.25, 0.3) is 0 Å². The molecule has 1 aromatic carbocycles. The predicted molar refractivity (Wildman–Crippen MR) is 63.5 cm³/mol. The molecule has 1 saturated carbocycles. The highest BCUT2D eigenvalue weighted by Crippen LogP contribution is 2.29. The first-order valence-electron chi connectivity index (χ1n) is 5.91. The van der Waals surface area contributed by atoms with Crippen LogP contribution in [0.5, 0.6) is 5.75 Å². The van der Waals surface area contributed by atoms with Gasteiger partial charge in [-0.15, -0.1) is 0 Å². The van der Waals surface area contributed by atoms with E-state index in [0.717, 1.165) is 18.6 Å². The molecule has 2 rings (SSSR count). The van der Waals surface area contributed by atoms with Gasteiger partial charge in [-0.1, -0.05) is 19.9 Å². The molecule has 0 heterocycles. The van der Waals surface area contributed by atoms with E-state index in [9.17, 15) is 0 Å². The Kier molecular flexibility index (Phi) is 3.14. The van der Waals surface area contributed by atoms with E-state index in [4.69, 9.17) is 10.00 Å². The lowest BCUT2D eigenvalue weighted by molar-refractivity contribution is 0.120. The number of hydrogen-bond acceptors (Lipinski definition) is 2. The fourth-order valence-electron chi connectivity index (χ4n) is 1.77. The van der Waals surface area contributed by atoms with E-state index in [1.165, 1.54) is 12.0 Å². The summed E-state index contributed by atoms with van der Waals surface area (Å²) in [5, 5.41) is 9.10. The molecule has 1 aliphatic carbocycles. The normalized spacial score (nSPS) is 15.6. The van der Waals surface area contributed by atoms with Crippen molar-refractivity contribution in [2.24, 2.45) is 0 Å². The van der Waals surface area contributed by atoms with Crippen molar-refractivity contribution in [2.75, 3.05) is 0 Å². The van der Waals surface area contributed by atoms with Crippen molar-refractivity contribution in [3.63, 3.8) is 0 Å². The Morgan fingerprint density at radius 2 is 2.12 bits per heavy atom. The highest BCUT2D eigenvalue weighted by molar-refractivity contribution is 5.46. The summed E-state index contributed by atoms with van der Waals surface area (Å²) in [6.07, 6.45) is 3.82. The minimum Gasteiger partial charge on any atom is -0.489 e. The van der Waals surface area contributed by atoms with Crippen molar-refractivity contribution in [3.05, 3.63) is 29.3 Å². The number of nitrogens with zero attached hydrogens (tertiary/aromatic N) is 1. The maximum atomic E-state index is 9.10. The van der Waals surface area contributed by atoms with Crippen LogP contribution < -0.4 is 4.74 Å². The van der Waals surface area contributed by atoms with Crippen LogP contribution in [0.2, 0.25) is 0 Å². The quantitative estimate of drug-likeness (QED) is 0.771. The van der Waals surface area contributed by atoms with E-state index in [1.807, 2.05) is 12.1 Å². The predicted octanol–water partition coefficient (Wildman–Crippen LogP) is 3.61. The van der Waals surface area contributed by atoms with Crippen LogP contribution in [-0.2, 0) is 0 Å². The fraction of sp³-hybridized carbons (Fsp3) is 0.500. The molecule has 2 nitrogen and oxygen atoms in total. The van der Waals surface area contributed by atoms with Crippen LogP contribution in [0.15, 0.2) is 18.2 Å². The largest absolute Gasteiger partial charge is 0.489 e. The van der Waals surface area contributed by atoms with Gasteiger partial charge in [0.2, 0.25) is 0 Å². The second-order valence-corrected chi connectivity index (χ2v) is 4.69. The average molecular weight is 215 g/mol. The van der Waals surface area contributed by atoms with Gasteiger partial charge in [0.1, 0.15) is 11.8 Å². The number of ether oxygens (including phenoxy) is 1. The summed E-state index contributed by atoms with van der Waals surface area (Å²) in [5.74, 6) is 1.20. The van der Waals surface area contributed by atoms with E-state index in [1.54, 1.807) is 0 Å². The van der Waals surface area contributed by atoms with Crippen LogP contribution in [0.3, 0.4) is 0 Å². The van der Waals surface area contributed by atoms with Crippen LogP contribution in [-0.4, -0.2) is 6.10 Å². The number of benzene rings is 1. The minimum atomic E-state index is 0.331. The topological polar surface area (TPSA) is 33.0 Å². The van der Waals surface area contributed by atoms with Crippen molar-refractivity contribution >= 4 is 0 Å². The van der Waals surface area contributed by atoms with Gasteiger partial charge in [-0.3, -0.25) is 0 Å². The standard InChI is InChI=1S/C14H17NO/c1-10(2)11-6-7-14(12(8-11)9-15)16-13-4-3-5-13/h6-8,10,13H,3-5H2,1-2H3. The van der Waals surface area contributed by atoms with E-state index in [-0.39, 0.29) is 0 Å². The Morgan fingerprint density at radius 3 is 2.62 bits per heavy atom. The molecule has 16 heavy (non-hydrogen) atoms. The van der Waals surface area contributed by atoms with Crippen molar-refractivity contribution < 1.29 is 4.74 Å². The molecule has 0 radical (unpaired) electrons. The van der Waals surface area contributed by atoms with E-state index < -0.39 is 0 Å². The zero-order valence-corrected chi connectivity index (χ0v) is 9.86. The molecule has 2 heteroatoms. The van der Waals surface area contributed by atoms with Crippen LogP contribution >= 0.6 is 0 Å². The Balaban J connectivity index is 2.21. The zero-order chi connectivity index (χ0) is 11.5. The van der Waals surface area contributed by atoms with Gasteiger partial charge in [-0.25, -0.2) is 0 Å². The average Bonchev–Trinajstić information content (AvgIpc) is 2.23. The lowest BCUT2D eigenvalue weighted by Crippen LogP contribution is -2.24. The molecule has 0 bridgehead atoms. The van der Waals surface area contributed by atoms with Crippen molar-refractivity contribution in [2.45, 2.75) is 45.1 Å². The molecule has 0 N–H and O–H groups in total. The number of nitriles is 1. The second kappa shape index (κ2) is 4.57. The van der Waals surface area contributed by atoms with Crippen molar-refractivity contribution in [1.82, 2.24) is 0 Å². The molecular formula is C14H17NO. The highest BCUT2D eigenvalue weighted by Gasteiger charge is 2.20. The molecule has 0 saturated heterocycles. The van der Waals surface area contributed by atoms with Gasteiger partial charge >= 0.3 is 0 Å². The van der Waals surface area contributed by atoms with Gasteiger partial charge in [-0.05, 0) is 42.9 Å². The van der Waals surface area contributed by atoms with Crippen LogP contribution in [0.1, 0.15) is 50.2 Å². The molecule has 0 spiro atoms. The van der Waals surface area contributed by atoms with Gasteiger partial charge in [0.15, 0.2) is 0 Å². The van der Waals surface area contributed by atoms with E-state index in [0.29, 0.717) is 17.6 Å². The molecule has 0 atom stereocenters. The van der Waals surface area contributed by atoms with Gasteiger partial charge < -0.3 is 4.74 Å². The van der Waals surface area contributed by atoms with Gasteiger partial charge in [-0.2, -0.15) is 5.26 Å². The van der Waals surface area contributed by atoms with E-state index >= 15 is 0 Å². The maximum Gasteiger partial charge on any atom is 0.137 e. The highest BCUT2D eigenvalue weighted by atomic mass is 16.5. The van der Waals surface area contributed by atoms with Crippen molar-refractivity contribution in [3.8, 4) is 11.8 Å². The Morgan fingerprint density at radius 1 is 1.38 bits per heavy atom. The fourth-order valence-corrected chi connectivity index (χ4v) is 1.77. The summed E-state index contributed by atoms with van der Waals surface area (Å²) in [5.41, 5.74) is 1.86. The molecule has 1 aromatic rings. The van der Waals surface area contributed by atoms with E-state index in [2.05, 4.69) is 26.0 Å². The summed E-state index contributed by atoms with van der Waals surface area (Å²) in [7, 11) is 0. The first-order valence-corrected chi connectivity index (χ1v) is 5.91. The minimum absolute atomic E-state index is 0.331. The molecule has 1 aliphatic rings. The number of rotatable bonds is 3. The molecule has 0 unspecified atom stereocenters. The monoisotopic (exact) mass is 215 g/mol. The molecule has 0 aromatic heterocycles. The molecule has 84 valence electrons. The zero-order valence-electron chi connectivity index (χ0n) is 9.86. The third-order valence-electron chi connectivity index (χ3n) is 3.14. The van der Waals surface area contributed by atoms with Crippen LogP contribution in [0.25, 0.3) is 0 Å². The lowest BCUT2D eigenvalue weighted by atomic mass is 9.95. The second-order valence-electron chi connectivity index (χ2n) is 4.69. The van der Waals surface area contributed by atoms with Gasteiger partial charge in [0.05, 0.1) is 11.7 Å². The Bertz CT molecular complexity index is 413. The molecule has 1 fully saturated rings. The summed E-state index contributed by atoms with van der Waals surface area (Å²) in [6.45, 7) is 4.26. The van der Waals surface area contributed by atoms with Gasteiger partial charge in [0, 0.05) is 0 Å². The lowest BCUT2D eigenvalue weighted by Gasteiger charge is -2.27. The van der Waals surface area contributed by atoms with Crippen molar-refractivity contribution in [1.29, 1.82) is 5.26 Å². The summed E-state index contributed by atoms with van der Waals surface area (Å²) < 4.78 is 5.78. The Hall–Kier alpha value is -1.49. The number of hydrogen-bond donors (Lipinski definition) is 0. The first-order chi connectivity index (χ1) is 7.70. The summed E-state index contributed by atoms with van der Waals surface area (Å²) in [4.78, 5) is 0. The van der Waals surface area contributed by atoms with Crippen LogP contribution in [0, 0.1) is 11.3 Å². The first kappa shape index (κ1) is 11.0. The Labute approximate surface area is 96.9 Å². The third-order valence-corrected chi connectivity index (χ3v) is 3.14. The third kappa shape index (κ3) is 2.19. The molecule has 0 amide bonds. The maximum absolute atomic E-state index is 9.10. The SMILES string of the molecule is CC(C)c1ccc(OC2CCC2)c(C#N)c1. The summed E-state index contributed by atoms with van der Waals surface area (Å²) in [6, 6.07) is 8.15.